The maximum Gasteiger partial charge on any atom is 0.274 e. The van der Waals surface area contributed by atoms with E-state index in [4.69, 9.17) is 0 Å². The molecular formula is C7H7N2O2. The molecule has 0 aromatic heterocycles. The van der Waals surface area contributed by atoms with E-state index in [-0.39, 0.29) is 0 Å². The van der Waals surface area contributed by atoms with Crippen LogP contribution in [-0.2, 0) is 5.21 Å². The molecule has 1 aromatic carbocycles. The molecule has 0 heterocycles. The first-order valence-electron chi connectivity index (χ1n) is 3.07. The Morgan fingerprint density at radius 3 is 2.55 bits per heavy atom. The highest BCUT2D eigenvalue weighted by atomic mass is 16.5. The second-order valence-electron chi connectivity index (χ2n) is 1.91. The molecule has 0 aliphatic heterocycles. The van der Waals surface area contributed by atoms with Crippen molar-refractivity contribution in [3.8, 4) is 0 Å². The van der Waals surface area contributed by atoms with Gasteiger partial charge in [0.1, 0.15) is 0 Å². The number of benzene rings is 1. The number of hydrogen-bond donors (Lipinski definition) is 1. The molecule has 0 bridgehead atoms. The minimum atomic E-state index is 0.427. The average molecular weight is 151 g/mol. The van der Waals surface area contributed by atoms with Crippen LogP contribution in [0.15, 0.2) is 30.3 Å². The maximum atomic E-state index is 10.8. The lowest BCUT2D eigenvalue weighted by Crippen LogP contribution is -2.63. The summed E-state index contributed by atoms with van der Waals surface area (Å²) in [6.07, 6.45) is 0.801. The molecule has 0 saturated heterocycles. The van der Waals surface area contributed by atoms with Gasteiger partial charge in [-0.15, -0.1) is 0 Å². The van der Waals surface area contributed by atoms with E-state index in [1.165, 1.54) is 5.16 Å². The third kappa shape index (κ3) is 1.94. The van der Waals surface area contributed by atoms with Gasteiger partial charge in [0.2, 0.25) is 0 Å². The highest BCUT2D eigenvalue weighted by Crippen LogP contribution is 2.07. The summed E-state index contributed by atoms with van der Waals surface area (Å²) in [5.74, 6) is 0. The summed E-state index contributed by atoms with van der Waals surface area (Å²) in [6, 6.07) is 8.46. The largest absolute Gasteiger partial charge is 0.717 e. The zero-order valence-corrected chi connectivity index (χ0v) is 5.73. The number of nitrogens with one attached hydrogen (secondary N) is 1. The molecule has 4 nitrogen and oxygen atoms in total. The van der Waals surface area contributed by atoms with Crippen molar-refractivity contribution >= 4 is 12.0 Å². The molecule has 1 aromatic rings. The van der Waals surface area contributed by atoms with Crippen molar-refractivity contribution in [1.82, 2.24) is 0 Å². The highest BCUT2D eigenvalue weighted by Gasteiger charge is 2.05. The third-order valence-corrected chi connectivity index (χ3v) is 1.18. The fourth-order valence-corrected chi connectivity index (χ4v) is 0.697. The van der Waals surface area contributed by atoms with Gasteiger partial charge in [0.05, 0.1) is 0 Å². The second-order valence-corrected chi connectivity index (χ2v) is 1.91. The quantitative estimate of drug-likeness (QED) is 0.267. The number of para-hydroxylation sites is 1. The van der Waals surface area contributed by atoms with E-state index in [0.717, 1.165) is 6.34 Å². The van der Waals surface area contributed by atoms with Crippen molar-refractivity contribution in [3.63, 3.8) is 0 Å². The number of rotatable bonds is 2. The number of hydrogen-bond acceptors (Lipinski definition) is 1. The molecule has 11 heavy (non-hydrogen) atoms. The SMILES string of the molecule is [O]N(C=[NH+][O-])c1ccccc1. The Morgan fingerprint density at radius 1 is 1.36 bits per heavy atom. The Balaban J connectivity index is 2.76. The molecule has 1 rings (SSSR count). The van der Waals surface area contributed by atoms with Crippen molar-refractivity contribution in [2.24, 2.45) is 0 Å². The summed E-state index contributed by atoms with van der Waals surface area (Å²) in [7, 11) is 0. The van der Waals surface area contributed by atoms with Gasteiger partial charge in [0.15, 0.2) is 5.69 Å². The zero-order chi connectivity index (χ0) is 8.10. The van der Waals surface area contributed by atoms with Crippen LogP contribution in [0.1, 0.15) is 0 Å². The molecule has 0 atom stereocenters. The van der Waals surface area contributed by atoms with E-state index in [0.29, 0.717) is 10.8 Å². The molecule has 0 saturated carbocycles. The molecule has 1 N–H and O–H groups in total. The average Bonchev–Trinajstić information content (AvgIpc) is 2.07. The van der Waals surface area contributed by atoms with Crippen LogP contribution < -0.4 is 10.2 Å². The van der Waals surface area contributed by atoms with Gasteiger partial charge in [-0.25, -0.2) is 0 Å². The summed E-state index contributed by atoms with van der Waals surface area (Å²) in [4.78, 5) is 0. The summed E-state index contributed by atoms with van der Waals surface area (Å²) >= 11 is 0. The van der Waals surface area contributed by atoms with Crippen LogP contribution >= 0.6 is 0 Å². The first-order chi connectivity index (χ1) is 5.34. The standard InChI is InChI=1S/C7H7N2O2/c10-8-6-9(11)7-4-2-1-3-5-7/h1-6,8H. The van der Waals surface area contributed by atoms with Gasteiger partial charge in [0, 0.05) is 5.21 Å². The van der Waals surface area contributed by atoms with Crippen molar-refractivity contribution in [2.75, 3.05) is 5.06 Å². The summed E-state index contributed by atoms with van der Waals surface area (Å²) in [5, 5.41) is 22.5. The molecule has 1 radical (unpaired) electrons. The number of nitrogens with zero attached hydrogens (tertiary/aromatic N) is 1. The predicted molar refractivity (Wildman–Crippen MR) is 40.0 cm³/mol. The van der Waals surface area contributed by atoms with Crippen LogP contribution in [0, 0.1) is 5.21 Å². The third-order valence-electron chi connectivity index (χ3n) is 1.18. The summed E-state index contributed by atoms with van der Waals surface area (Å²) in [6.45, 7) is 0. The van der Waals surface area contributed by atoms with Gasteiger partial charge in [-0.05, 0) is 12.1 Å². The van der Waals surface area contributed by atoms with Crippen LogP contribution in [0.2, 0.25) is 0 Å². The summed E-state index contributed by atoms with van der Waals surface area (Å²) in [5.41, 5.74) is 0.427. The van der Waals surface area contributed by atoms with E-state index in [2.05, 4.69) is 0 Å². The molecule has 57 valence electrons. The molecule has 0 aliphatic carbocycles. The van der Waals surface area contributed by atoms with Crippen LogP contribution in [0.3, 0.4) is 0 Å². The monoisotopic (exact) mass is 151 g/mol. The molecule has 0 fully saturated rings. The number of anilines is 1. The van der Waals surface area contributed by atoms with Crippen LogP contribution in [0.4, 0.5) is 5.69 Å². The van der Waals surface area contributed by atoms with Gasteiger partial charge in [0.25, 0.3) is 6.34 Å². The Morgan fingerprint density at radius 2 is 2.00 bits per heavy atom. The molecule has 0 unspecified atom stereocenters. The van der Waals surface area contributed by atoms with E-state index in [1.54, 1.807) is 30.3 Å². The van der Waals surface area contributed by atoms with E-state index >= 15 is 0 Å². The molecule has 0 amide bonds. The first kappa shape index (κ1) is 7.56. The van der Waals surface area contributed by atoms with E-state index in [1.807, 2.05) is 0 Å². The van der Waals surface area contributed by atoms with Gasteiger partial charge in [-0.3, -0.25) is 5.16 Å². The van der Waals surface area contributed by atoms with E-state index in [9.17, 15) is 10.4 Å². The smallest absolute Gasteiger partial charge is 0.274 e. The summed E-state index contributed by atoms with van der Waals surface area (Å²) < 4.78 is 0. The number of hydroxylamine groups is 1. The van der Waals surface area contributed by atoms with Gasteiger partial charge < -0.3 is 5.21 Å². The predicted octanol–water partition coefficient (Wildman–Crippen LogP) is -0.555. The van der Waals surface area contributed by atoms with Crippen molar-refractivity contribution < 1.29 is 10.4 Å². The first-order valence-corrected chi connectivity index (χ1v) is 3.07. The van der Waals surface area contributed by atoms with Crippen LogP contribution in [0.5, 0.6) is 0 Å². The topological polar surface area (TPSA) is 60.2 Å². The second kappa shape index (κ2) is 3.58. The molecule has 0 spiro atoms. The van der Waals surface area contributed by atoms with E-state index < -0.39 is 0 Å². The van der Waals surface area contributed by atoms with Crippen molar-refractivity contribution in [1.29, 1.82) is 0 Å². The fourth-order valence-electron chi connectivity index (χ4n) is 0.697. The highest BCUT2D eigenvalue weighted by molar-refractivity contribution is 5.71. The van der Waals surface area contributed by atoms with Crippen LogP contribution in [-0.4, -0.2) is 6.34 Å². The lowest BCUT2D eigenvalue weighted by atomic mass is 10.3. The Bertz CT molecular complexity index is 235. The Hall–Kier alpha value is -1.55. The van der Waals surface area contributed by atoms with Crippen LogP contribution in [0.25, 0.3) is 0 Å². The van der Waals surface area contributed by atoms with Crippen molar-refractivity contribution in [2.45, 2.75) is 0 Å². The molecule has 0 aliphatic rings. The van der Waals surface area contributed by atoms with Gasteiger partial charge in [-0.1, -0.05) is 23.3 Å². The Labute approximate surface area is 63.9 Å². The lowest BCUT2D eigenvalue weighted by molar-refractivity contribution is -0.370. The maximum absolute atomic E-state index is 10.8. The van der Waals surface area contributed by atoms with Gasteiger partial charge >= 0.3 is 0 Å². The normalized spacial score (nSPS) is 10.3. The minimum Gasteiger partial charge on any atom is -0.717 e. The molecular weight excluding hydrogens is 144 g/mol. The van der Waals surface area contributed by atoms with Crippen molar-refractivity contribution in [3.05, 3.63) is 35.5 Å². The Kier molecular flexibility index (Phi) is 2.46. The lowest BCUT2D eigenvalue weighted by Gasteiger charge is -1.97. The zero-order valence-electron chi connectivity index (χ0n) is 5.73. The minimum absolute atomic E-state index is 0.427. The van der Waals surface area contributed by atoms with Gasteiger partial charge in [-0.2, -0.15) is 0 Å². The molecule has 4 heteroatoms. The fraction of sp³-hybridized carbons (Fsp3) is 0.